The maximum absolute atomic E-state index is 5.71. The molecule has 4 heteroatoms. The van der Waals surface area contributed by atoms with Gasteiger partial charge in [0.15, 0.2) is 0 Å². The second kappa shape index (κ2) is 5.64. The number of nitrogens with one attached hydrogen (secondary N) is 1. The van der Waals surface area contributed by atoms with Crippen LogP contribution in [0.3, 0.4) is 0 Å². The van der Waals surface area contributed by atoms with Crippen molar-refractivity contribution in [2.24, 2.45) is 5.92 Å². The smallest absolute Gasteiger partial charge is 0.213 e. The first-order valence-corrected chi connectivity index (χ1v) is 6.51. The zero-order chi connectivity index (χ0) is 11.4. The second-order valence-electron chi connectivity index (χ2n) is 4.24. The zero-order valence-electron chi connectivity index (χ0n) is 9.50. The molecular formula is C12H17BrN2O. The molecule has 88 valence electrons. The van der Waals surface area contributed by atoms with Crippen LogP contribution in [-0.4, -0.2) is 24.7 Å². The second-order valence-corrected chi connectivity index (χ2v) is 5.09. The Morgan fingerprint density at radius 3 is 3.12 bits per heavy atom. The lowest BCUT2D eigenvalue weighted by Gasteiger charge is -2.22. The summed E-state index contributed by atoms with van der Waals surface area (Å²) in [5.41, 5.74) is 0.972. The summed E-state index contributed by atoms with van der Waals surface area (Å²) in [6.45, 7) is 4.95. The molecule has 2 heterocycles. The number of ether oxygens (including phenoxy) is 1. The van der Waals surface area contributed by atoms with Gasteiger partial charge in [0.1, 0.15) is 0 Å². The van der Waals surface area contributed by atoms with Crippen LogP contribution in [0.2, 0.25) is 0 Å². The molecule has 0 aliphatic carbocycles. The Kier molecular flexibility index (Phi) is 4.18. The Balaban J connectivity index is 1.86. The lowest BCUT2D eigenvalue weighted by Crippen LogP contribution is -2.33. The van der Waals surface area contributed by atoms with Crippen molar-refractivity contribution in [2.75, 3.05) is 19.7 Å². The number of pyridine rings is 1. The largest absolute Gasteiger partial charge is 0.477 e. The maximum atomic E-state index is 5.71. The van der Waals surface area contributed by atoms with Crippen LogP contribution in [0.25, 0.3) is 0 Å². The number of rotatable bonds is 3. The van der Waals surface area contributed by atoms with E-state index in [1.807, 2.05) is 19.1 Å². The average Bonchev–Trinajstić information content (AvgIpc) is 2.32. The number of hydrogen-bond acceptors (Lipinski definition) is 3. The minimum absolute atomic E-state index is 0.625. The van der Waals surface area contributed by atoms with Crippen LogP contribution in [-0.2, 0) is 0 Å². The van der Waals surface area contributed by atoms with Crippen molar-refractivity contribution in [1.82, 2.24) is 10.3 Å². The average molecular weight is 285 g/mol. The van der Waals surface area contributed by atoms with Gasteiger partial charge in [0, 0.05) is 23.0 Å². The highest BCUT2D eigenvalue weighted by Gasteiger charge is 2.13. The van der Waals surface area contributed by atoms with Gasteiger partial charge in [-0.3, -0.25) is 0 Å². The Hall–Kier alpha value is -0.610. The molecule has 1 aromatic rings. The van der Waals surface area contributed by atoms with Crippen molar-refractivity contribution in [3.8, 4) is 5.88 Å². The molecule has 16 heavy (non-hydrogen) atoms. The molecule has 0 amide bonds. The summed E-state index contributed by atoms with van der Waals surface area (Å²) in [6.07, 6.45) is 2.50. The first-order chi connectivity index (χ1) is 7.75. The van der Waals surface area contributed by atoms with Gasteiger partial charge >= 0.3 is 0 Å². The Morgan fingerprint density at radius 2 is 2.44 bits per heavy atom. The third kappa shape index (κ3) is 3.19. The van der Waals surface area contributed by atoms with Crippen molar-refractivity contribution in [3.63, 3.8) is 0 Å². The quantitative estimate of drug-likeness (QED) is 0.926. The minimum atomic E-state index is 0.625. The number of aromatic nitrogens is 1. The first-order valence-electron chi connectivity index (χ1n) is 5.72. The number of hydrogen-bond donors (Lipinski definition) is 1. The van der Waals surface area contributed by atoms with E-state index in [0.717, 1.165) is 35.7 Å². The minimum Gasteiger partial charge on any atom is -0.477 e. The summed E-state index contributed by atoms with van der Waals surface area (Å²) in [5, 5.41) is 3.38. The van der Waals surface area contributed by atoms with Gasteiger partial charge in [-0.2, -0.15) is 0 Å². The molecule has 0 spiro atoms. The van der Waals surface area contributed by atoms with Gasteiger partial charge in [-0.05, 0) is 48.3 Å². The van der Waals surface area contributed by atoms with Crippen molar-refractivity contribution in [2.45, 2.75) is 19.8 Å². The van der Waals surface area contributed by atoms with Crippen LogP contribution >= 0.6 is 15.9 Å². The van der Waals surface area contributed by atoms with Crippen LogP contribution in [0.1, 0.15) is 18.5 Å². The van der Waals surface area contributed by atoms with Gasteiger partial charge in [-0.1, -0.05) is 0 Å². The van der Waals surface area contributed by atoms with E-state index in [4.69, 9.17) is 4.74 Å². The standard InChI is InChI=1S/C12H17BrN2O/c1-9-11(13)4-5-12(15-9)16-8-10-3-2-6-14-7-10/h4-5,10,14H,2-3,6-8H2,1H3. The summed E-state index contributed by atoms with van der Waals surface area (Å²) < 4.78 is 6.74. The van der Waals surface area contributed by atoms with Crippen LogP contribution in [0.15, 0.2) is 16.6 Å². The number of nitrogens with zero attached hydrogens (tertiary/aromatic N) is 1. The molecule has 0 radical (unpaired) electrons. The molecule has 1 aliphatic heterocycles. The number of halogens is 1. The van der Waals surface area contributed by atoms with E-state index >= 15 is 0 Å². The van der Waals surface area contributed by atoms with Gasteiger partial charge in [0.25, 0.3) is 0 Å². The van der Waals surface area contributed by atoms with Crippen LogP contribution in [0.5, 0.6) is 5.88 Å². The highest BCUT2D eigenvalue weighted by molar-refractivity contribution is 9.10. The Morgan fingerprint density at radius 1 is 1.56 bits per heavy atom. The Bertz CT molecular complexity index is 351. The molecular weight excluding hydrogens is 268 g/mol. The van der Waals surface area contributed by atoms with E-state index in [-0.39, 0.29) is 0 Å². The molecule has 1 aromatic heterocycles. The summed E-state index contributed by atoms with van der Waals surface area (Å²) in [7, 11) is 0. The topological polar surface area (TPSA) is 34.1 Å². The van der Waals surface area contributed by atoms with Gasteiger partial charge in [0.05, 0.1) is 12.3 Å². The van der Waals surface area contributed by atoms with Gasteiger partial charge < -0.3 is 10.1 Å². The highest BCUT2D eigenvalue weighted by atomic mass is 79.9. The van der Waals surface area contributed by atoms with Crippen LogP contribution in [0, 0.1) is 12.8 Å². The van der Waals surface area contributed by atoms with Crippen LogP contribution in [0.4, 0.5) is 0 Å². The Labute approximate surface area is 105 Å². The molecule has 0 saturated carbocycles. The van der Waals surface area contributed by atoms with Crippen molar-refractivity contribution < 1.29 is 4.74 Å². The lowest BCUT2D eigenvalue weighted by molar-refractivity contribution is 0.212. The summed E-state index contributed by atoms with van der Waals surface area (Å²) in [6, 6.07) is 3.89. The van der Waals surface area contributed by atoms with Gasteiger partial charge in [-0.15, -0.1) is 0 Å². The fourth-order valence-electron chi connectivity index (χ4n) is 1.87. The molecule has 1 fully saturated rings. The maximum Gasteiger partial charge on any atom is 0.213 e. The predicted molar refractivity (Wildman–Crippen MR) is 67.8 cm³/mol. The molecule has 0 bridgehead atoms. The summed E-state index contributed by atoms with van der Waals surface area (Å²) >= 11 is 3.43. The molecule has 3 nitrogen and oxygen atoms in total. The van der Waals surface area contributed by atoms with E-state index in [2.05, 4.69) is 26.2 Å². The fraction of sp³-hybridized carbons (Fsp3) is 0.583. The molecule has 1 N–H and O–H groups in total. The summed E-state index contributed by atoms with van der Waals surface area (Å²) in [5.74, 6) is 1.35. The predicted octanol–water partition coefficient (Wildman–Crippen LogP) is 2.53. The van der Waals surface area contributed by atoms with Crippen LogP contribution < -0.4 is 10.1 Å². The highest BCUT2D eigenvalue weighted by Crippen LogP contribution is 2.18. The summed E-state index contributed by atoms with van der Waals surface area (Å²) in [4.78, 5) is 4.37. The fourth-order valence-corrected chi connectivity index (χ4v) is 2.09. The third-order valence-corrected chi connectivity index (χ3v) is 3.70. The van der Waals surface area contributed by atoms with E-state index in [9.17, 15) is 0 Å². The SMILES string of the molecule is Cc1nc(OCC2CCCNC2)ccc1Br. The molecule has 1 atom stereocenters. The third-order valence-electron chi connectivity index (χ3n) is 2.86. The van der Waals surface area contributed by atoms with E-state index in [1.165, 1.54) is 12.8 Å². The van der Waals surface area contributed by atoms with Crippen molar-refractivity contribution >= 4 is 15.9 Å². The first kappa shape index (κ1) is 11.9. The molecule has 1 saturated heterocycles. The number of piperidine rings is 1. The zero-order valence-corrected chi connectivity index (χ0v) is 11.1. The van der Waals surface area contributed by atoms with Gasteiger partial charge in [-0.25, -0.2) is 4.98 Å². The van der Waals surface area contributed by atoms with Crippen molar-refractivity contribution in [3.05, 3.63) is 22.3 Å². The van der Waals surface area contributed by atoms with E-state index in [1.54, 1.807) is 0 Å². The van der Waals surface area contributed by atoms with Gasteiger partial charge in [0.2, 0.25) is 5.88 Å². The molecule has 1 aliphatic rings. The van der Waals surface area contributed by atoms with E-state index < -0.39 is 0 Å². The van der Waals surface area contributed by atoms with E-state index in [0.29, 0.717) is 5.92 Å². The molecule has 0 aromatic carbocycles. The monoisotopic (exact) mass is 284 g/mol. The normalized spacial score (nSPS) is 20.8. The lowest BCUT2D eigenvalue weighted by atomic mass is 10.0. The van der Waals surface area contributed by atoms with Crippen molar-refractivity contribution in [1.29, 1.82) is 0 Å². The molecule has 1 unspecified atom stereocenters. The molecule has 2 rings (SSSR count). The number of aryl methyl sites for hydroxylation is 1.